The van der Waals surface area contributed by atoms with Gasteiger partial charge in [-0.05, 0) is 36.4 Å². The van der Waals surface area contributed by atoms with Gasteiger partial charge < -0.3 is 14.4 Å². The van der Waals surface area contributed by atoms with Crippen LogP contribution in [-0.2, 0) is 11.3 Å². The van der Waals surface area contributed by atoms with Crippen LogP contribution >= 0.6 is 35.4 Å². The Kier molecular flexibility index (Phi) is 5.95. The zero-order chi connectivity index (χ0) is 16.9. The van der Waals surface area contributed by atoms with E-state index >= 15 is 0 Å². The first-order valence-corrected chi connectivity index (χ1v) is 8.84. The second-order valence-corrected chi connectivity index (χ2v) is 6.68. The summed E-state index contributed by atoms with van der Waals surface area (Å²) in [5, 5.41) is 1.22. The summed E-state index contributed by atoms with van der Waals surface area (Å²) in [5.41, 5.74) is 1.91. The Morgan fingerprint density at radius 1 is 1.08 bits per heavy atom. The zero-order valence-electron chi connectivity index (χ0n) is 13.0. The number of nitrogens with zero attached hydrogens (tertiary/aromatic N) is 1. The Morgan fingerprint density at radius 3 is 2.46 bits per heavy atom. The third-order valence-corrected chi connectivity index (χ3v) is 4.89. The van der Waals surface area contributed by atoms with Gasteiger partial charge in [0.05, 0.1) is 13.2 Å². The molecule has 126 valence electrons. The average molecular weight is 382 g/mol. The van der Waals surface area contributed by atoms with Crippen LogP contribution in [0.25, 0.3) is 0 Å². The third kappa shape index (κ3) is 4.39. The van der Waals surface area contributed by atoms with Crippen molar-refractivity contribution in [2.75, 3.05) is 26.3 Å². The number of benzene rings is 2. The van der Waals surface area contributed by atoms with E-state index in [1.54, 1.807) is 12.1 Å². The highest BCUT2D eigenvalue weighted by atomic mass is 35.5. The standard InChI is InChI=1S/C18H17Cl2NO2S/c19-15-4-1-14(17(20)11-15)12-23-16-5-2-13(3-6-16)18(24)21-7-9-22-10-8-21/h1-6,11H,7-10,12H2. The Hall–Kier alpha value is -1.33. The second kappa shape index (κ2) is 8.17. The normalized spacial score (nSPS) is 14.5. The molecule has 1 aliphatic heterocycles. The van der Waals surface area contributed by atoms with Crippen LogP contribution in [0.3, 0.4) is 0 Å². The summed E-state index contributed by atoms with van der Waals surface area (Å²) in [5.74, 6) is 0.773. The van der Waals surface area contributed by atoms with Gasteiger partial charge in [-0.1, -0.05) is 41.5 Å². The van der Waals surface area contributed by atoms with E-state index < -0.39 is 0 Å². The summed E-state index contributed by atoms with van der Waals surface area (Å²) in [6, 6.07) is 13.2. The van der Waals surface area contributed by atoms with Crippen molar-refractivity contribution in [3.05, 3.63) is 63.6 Å². The second-order valence-electron chi connectivity index (χ2n) is 5.45. The summed E-state index contributed by atoms with van der Waals surface area (Å²) in [6.45, 7) is 3.52. The average Bonchev–Trinajstić information content (AvgIpc) is 2.62. The molecule has 0 unspecified atom stereocenters. The molecule has 1 fully saturated rings. The van der Waals surface area contributed by atoms with Gasteiger partial charge in [0, 0.05) is 34.3 Å². The van der Waals surface area contributed by atoms with Gasteiger partial charge in [0.2, 0.25) is 0 Å². The van der Waals surface area contributed by atoms with E-state index in [0.29, 0.717) is 16.7 Å². The molecule has 0 spiro atoms. The van der Waals surface area contributed by atoms with Crippen molar-refractivity contribution in [2.24, 2.45) is 0 Å². The number of ether oxygens (including phenoxy) is 2. The largest absolute Gasteiger partial charge is 0.489 e. The molecule has 1 heterocycles. The molecule has 24 heavy (non-hydrogen) atoms. The van der Waals surface area contributed by atoms with E-state index in [9.17, 15) is 0 Å². The maximum atomic E-state index is 6.15. The van der Waals surface area contributed by atoms with Gasteiger partial charge in [-0.25, -0.2) is 0 Å². The molecule has 0 aromatic heterocycles. The van der Waals surface area contributed by atoms with Crippen molar-refractivity contribution in [2.45, 2.75) is 6.61 Å². The van der Waals surface area contributed by atoms with Gasteiger partial charge in [-0.3, -0.25) is 0 Å². The van der Waals surface area contributed by atoms with Crippen LogP contribution in [0.2, 0.25) is 10.0 Å². The molecule has 1 saturated heterocycles. The van der Waals surface area contributed by atoms with Crippen LogP contribution in [0.15, 0.2) is 42.5 Å². The van der Waals surface area contributed by atoms with E-state index in [2.05, 4.69) is 4.90 Å². The van der Waals surface area contributed by atoms with Gasteiger partial charge in [0.1, 0.15) is 17.3 Å². The molecule has 3 nitrogen and oxygen atoms in total. The highest BCUT2D eigenvalue weighted by Crippen LogP contribution is 2.23. The van der Waals surface area contributed by atoms with Gasteiger partial charge in [-0.2, -0.15) is 0 Å². The summed E-state index contributed by atoms with van der Waals surface area (Å²) >= 11 is 17.6. The van der Waals surface area contributed by atoms with E-state index in [1.807, 2.05) is 30.3 Å². The molecule has 3 rings (SSSR count). The Labute approximate surface area is 157 Å². The van der Waals surface area contributed by atoms with Crippen LogP contribution in [0.5, 0.6) is 5.75 Å². The van der Waals surface area contributed by atoms with Gasteiger partial charge in [-0.15, -0.1) is 0 Å². The van der Waals surface area contributed by atoms with E-state index in [1.165, 1.54) is 0 Å². The van der Waals surface area contributed by atoms with Crippen LogP contribution in [-0.4, -0.2) is 36.2 Å². The van der Waals surface area contributed by atoms with Crippen molar-refractivity contribution < 1.29 is 9.47 Å². The number of halogens is 2. The fraction of sp³-hybridized carbons (Fsp3) is 0.278. The topological polar surface area (TPSA) is 21.7 Å². The Bertz CT molecular complexity index is 715. The molecule has 0 bridgehead atoms. The fourth-order valence-corrected chi connectivity index (χ4v) is 3.22. The Balaban J connectivity index is 1.61. The van der Waals surface area contributed by atoms with Crippen molar-refractivity contribution in [1.29, 1.82) is 0 Å². The van der Waals surface area contributed by atoms with Gasteiger partial charge >= 0.3 is 0 Å². The molecule has 2 aromatic carbocycles. The minimum atomic E-state index is 0.392. The number of hydrogen-bond acceptors (Lipinski definition) is 3. The number of rotatable bonds is 4. The minimum Gasteiger partial charge on any atom is -0.489 e. The van der Waals surface area contributed by atoms with Crippen molar-refractivity contribution in [3.8, 4) is 5.75 Å². The van der Waals surface area contributed by atoms with Gasteiger partial charge in [0.15, 0.2) is 0 Å². The third-order valence-electron chi connectivity index (χ3n) is 3.81. The van der Waals surface area contributed by atoms with E-state index in [-0.39, 0.29) is 0 Å². The van der Waals surface area contributed by atoms with Crippen LogP contribution < -0.4 is 4.74 Å². The summed E-state index contributed by atoms with van der Waals surface area (Å²) < 4.78 is 11.1. The lowest BCUT2D eigenvalue weighted by Crippen LogP contribution is -2.40. The molecule has 1 aliphatic rings. The lowest BCUT2D eigenvalue weighted by Gasteiger charge is -2.29. The predicted molar refractivity (Wildman–Crippen MR) is 101 cm³/mol. The first-order chi connectivity index (χ1) is 11.6. The van der Waals surface area contributed by atoms with E-state index in [0.717, 1.165) is 48.2 Å². The first kappa shape index (κ1) is 17.5. The molecule has 0 aliphatic carbocycles. The van der Waals surface area contributed by atoms with Crippen molar-refractivity contribution in [1.82, 2.24) is 4.90 Å². The maximum Gasteiger partial charge on any atom is 0.119 e. The lowest BCUT2D eigenvalue weighted by molar-refractivity contribution is 0.0693. The van der Waals surface area contributed by atoms with Gasteiger partial charge in [0.25, 0.3) is 0 Å². The molecule has 0 radical (unpaired) electrons. The summed E-state index contributed by atoms with van der Waals surface area (Å²) in [4.78, 5) is 3.02. The van der Waals surface area contributed by atoms with Crippen molar-refractivity contribution in [3.63, 3.8) is 0 Å². The molecular weight excluding hydrogens is 365 g/mol. The quantitative estimate of drug-likeness (QED) is 0.722. The van der Waals surface area contributed by atoms with Crippen molar-refractivity contribution >= 4 is 40.4 Å². The zero-order valence-corrected chi connectivity index (χ0v) is 15.3. The molecule has 2 aromatic rings. The molecule has 0 amide bonds. The van der Waals surface area contributed by atoms with Crippen LogP contribution in [0, 0.1) is 0 Å². The molecule has 0 atom stereocenters. The Morgan fingerprint density at radius 2 is 1.79 bits per heavy atom. The van der Waals surface area contributed by atoms with Crippen LogP contribution in [0.1, 0.15) is 11.1 Å². The van der Waals surface area contributed by atoms with Crippen LogP contribution in [0.4, 0.5) is 0 Å². The minimum absolute atomic E-state index is 0.392. The highest BCUT2D eigenvalue weighted by Gasteiger charge is 2.15. The lowest BCUT2D eigenvalue weighted by atomic mass is 10.2. The number of thiocarbonyl (C=S) groups is 1. The highest BCUT2D eigenvalue weighted by molar-refractivity contribution is 7.80. The summed E-state index contributed by atoms with van der Waals surface area (Å²) in [6.07, 6.45) is 0. The SMILES string of the molecule is S=C(c1ccc(OCc2ccc(Cl)cc2Cl)cc1)N1CCOCC1. The summed E-state index contributed by atoms with van der Waals surface area (Å²) in [7, 11) is 0. The van der Waals surface area contributed by atoms with E-state index in [4.69, 9.17) is 44.9 Å². The smallest absolute Gasteiger partial charge is 0.119 e. The number of hydrogen-bond donors (Lipinski definition) is 0. The fourth-order valence-electron chi connectivity index (χ4n) is 2.44. The molecule has 0 saturated carbocycles. The molecule has 6 heteroatoms. The number of morpholine rings is 1. The monoisotopic (exact) mass is 381 g/mol. The molecule has 0 N–H and O–H groups in total. The molecular formula is C18H17Cl2NO2S. The predicted octanol–water partition coefficient (Wildman–Crippen LogP) is 4.58. The first-order valence-electron chi connectivity index (χ1n) is 7.67. The maximum absolute atomic E-state index is 6.15.